The van der Waals surface area contributed by atoms with Gasteiger partial charge in [-0.25, -0.2) is 4.98 Å². The molecule has 2 radical (unpaired) electrons. The first kappa shape index (κ1) is 21.8. The van der Waals surface area contributed by atoms with Crippen LogP contribution >= 0.6 is 0 Å². The molecule has 5 nitrogen and oxygen atoms in total. The molecule has 0 saturated heterocycles. The smallest absolute Gasteiger partial charge is 0.197 e. The van der Waals surface area contributed by atoms with Gasteiger partial charge < -0.3 is 9.97 Å². The number of nitrogens with zero attached hydrogens (tertiary/aromatic N) is 1. The van der Waals surface area contributed by atoms with Crippen molar-refractivity contribution in [2.75, 3.05) is 0 Å². The molecule has 2 aromatic heterocycles. The van der Waals surface area contributed by atoms with Gasteiger partial charge in [-0.1, -0.05) is 6.07 Å². The summed E-state index contributed by atoms with van der Waals surface area (Å²) < 4.78 is 12.5. The van der Waals surface area contributed by atoms with Gasteiger partial charge in [-0.15, -0.1) is 0 Å². The number of hydrogen-bond donors (Lipinski definition) is 2. The summed E-state index contributed by atoms with van der Waals surface area (Å²) in [7, 11) is -1.34. The molecular formula is C16H17N3Na2O2S. The van der Waals surface area contributed by atoms with E-state index < -0.39 is 10.8 Å². The number of H-pyrrole nitrogens is 2. The van der Waals surface area contributed by atoms with E-state index in [1.54, 1.807) is 20.0 Å². The van der Waals surface area contributed by atoms with Gasteiger partial charge in [0.25, 0.3) is 0 Å². The molecule has 8 heteroatoms. The molecule has 0 bridgehead atoms. The van der Waals surface area contributed by atoms with Crippen LogP contribution in [0.15, 0.2) is 34.3 Å². The molecule has 0 aliphatic rings. The van der Waals surface area contributed by atoms with Gasteiger partial charge >= 0.3 is 0 Å². The standard InChI is InChI=1S/C16H17N3O2S.2Na/c1-9-4-5-12-13(6-9)19-16(18-12)22(21)8-14-11(3)15(20)10(2)7-17-14;;/h4-7H,8H2,1-3H3,(H,17,20)(H,18,19);;. The summed E-state index contributed by atoms with van der Waals surface area (Å²) in [5, 5.41) is 0.432. The third-order valence-corrected chi connectivity index (χ3v) is 4.90. The first-order valence-corrected chi connectivity index (χ1v) is 8.30. The van der Waals surface area contributed by atoms with Crippen molar-refractivity contribution in [2.45, 2.75) is 31.7 Å². The number of imidazole rings is 1. The maximum absolute atomic E-state index is 12.5. The molecule has 1 atom stereocenters. The third-order valence-electron chi connectivity index (χ3n) is 3.72. The van der Waals surface area contributed by atoms with E-state index in [1.165, 1.54) is 0 Å². The molecule has 0 saturated carbocycles. The minimum atomic E-state index is -1.34. The van der Waals surface area contributed by atoms with Crippen molar-refractivity contribution in [3.63, 3.8) is 0 Å². The number of aromatic nitrogens is 3. The van der Waals surface area contributed by atoms with Crippen LogP contribution in [0.4, 0.5) is 0 Å². The fourth-order valence-electron chi connectivity index (χ4n) is 2.36. The molecule has 0 aliphatic carbocycles. The Morgan fingerprint density at radius 1 is 1.17 bits per heavy atom. The monoisotopic (exact) mass is 361 g/mol. The maximum Gasteiger partial charge on any atom is 0.197 e. The number of benzene rings is 1. The van der Waals surface area contributed by atoms with Crippen LogP contribution in [0.5, 0.6) is 0 Å². The van der Waals surface area contributed by atoms with Gasteiger partial charge in [0.15, 0.2) is 10.6 Å². The molecular weight excluding hydrogens is 344 g/mol. The van der Waals surface area contributed by atoms with E-state index in [9.17, 15) is 9.00 Å². The van der Waals surface area contributed by atoms with Gasteiger partial charge in [0.1, 0.15) is 0 Å². The van der Waals surface area contributed by atoms with Gasteiger partial charge in [-0.2, -0.15) is 0 Å². The molecule has 0 aliphatic heterocycles. The van der Waals surface area contributed by atoms with Crippen molar-refractivity contribution in [2.24, 2.45) is 0 Å². The van der Waals surface area contributed by atoms with Crippen molar-refractivity contribution in [3.05, 3.63) is 57.0 Å². The van der Waals surface area contributed by atoms with Gasteiger partial charge in [0, 0.05) is 82.1 Å². The Bertz CT molecular complexity index is 950. The minimum Gasteiger partial charge on any atom is -0.363 e. The summed E-state index contributed by atoms with van der Waals surface area (Å²) in [5.41, 5.74) is 4.73. The van der Waals surface area contributed by atoms with E-state index in [0.29, 0.717) is 22.0 Å². The van der Waals surface area contributed by atoms with Crippen molar-refractivity contribution in [3.8, 4) is 0 Å². The zero-order valence-electron chi connectivity index (χ0n) is 14.7. The number of rotatable bonds is 3. The van der Waals surface area contributed by atoms with E-state index in [2.05, 4.69) is 15.0 Å². The van der Waals surface area contributed by atoms with Crippen molar-refractivity contribution in [1.82, 2.24) is 15.0 Å². The van der Waals surface area contributed by atoms with Crippen LogP contribution in [0.3, 0.4) is 0 Å². The van der Waals surface area contributed by atoms with Gasteiger partial charge in [-0.05, 0) is 38.5 Å². The SMILES string of the molecule is Cc1ccc2nc(S(=O)Cc3[nH]cc(C)c(=O)c3C)[nH]c2c1.[Na].[Na]. The summed E-state index contributed by atoms with van der Waals surface area (Å²) in [6.07, 6.45) is 1.66. The Morgan fingerprint density at radius 3 is 2.58 bits per heavy atom. The summed E-state index contributed by atoms with van der Waals surface area (Å²) in [4.78, 5) is 22.5. The van der Waals surface area contributed by atoms with E-state index in [4.69, 9.17) is 0 Å². The topological polar surface area (TPSA) is 78.6 Å². The van der Waals surface area contributed by atoms with Crippen LogP contribution in [0.1, 0.15) is 22.4 Å². The Balaban J connectivity index is 0.00000144. The molecule has 2 heterocycles. The largest absolute Gasteiger partial charge is 0.363 e. The molecule has 3 aromatic rings. The zero-order valence-corrected chi connectivity index (χ0v) is 19.5. The molecule has 24 heavy (non-hydrogen) atoms. The Kier molecular flexibility index (Phi) is 8.13. The summed E-state index contributed by atoms with van der Waals surface area (Å²) >= 11 is 0. The number of aromatic amines is 2. The molecule has 0 spiro atoms. The van der Waals surface area contributed by atoms with Gasteiger partial charge in [-0.3, -0.25) is 9.00 Å². The van der Waals surface area contributed by atoms with Crippen LogP contribution in [0, 0.1) is 20.8 Å². The maximum atomic E-state index is 12.5. The number of fused-ring (bicyclic) bond motifs is 1. The van der Waals surface area contributed by atoms with E-state index in [0.717, 1.165) is 16.6 Å². The van der Waals surface area contributed by atoms with Crippen molar-refractivity contribution >= 4 is 80.9 Å². The average Bonchev–Trinajstić information content (AvgIpc) is 2.91. The number of aryl methyl sites for hydroxylation is 2. The minimum absolute atomic E-state index is 0. The first-order valence-electron chi connectivity index (χ1n) is 6.98. The fourth-order valence-corrected chi connectivity index (χ4v) is 3.48. The second kappa shape index (κ2) is 8.94. The van der Waals surface area contributed by atoms with Gasteiger partial charge in [0.05, 0.1) is 27.6 Å². The van der Waals surface area contributed by atoms with Gasteiger partial charge in [0.2, 0.25) is 0 Å². The van der Waals surface area contributed by atoms with Crippen LogP contribution in [0.25, 0.3) is 11.0 Å². The molecule has 0 fully saturated rings. The van der Waals surface area contributed by atoms with Crippen LogP contribution < -0.4 is 5.43 Å². The second-order valence-corrected chi connectivity index (χ2v) is 6.82. The first-order chi connectivity index (χ1) is 10.5. The Labute approximate surface area is 187 Å². The fraction of sp³-hybridized carbons (Fsp3) is 0.250. The summed E-state index contributed by atoms with van der Waals surface area (Å²) in [6, 6.07) is 5.85. The zero-order chi connectivity index (χ0) is 15.9. The van der Waals surface area contributed by atoms with Crippen LogP contribution in [-0.2, 0) is 16.6 Å². The summed E-state index contributed by atoms with van der Waals surface area (Å²) in [5.74, 6) is 0.236. The van der Waals surface area contributed by atoms with Crippen molar-refractivity contribution in [1.29, 1.82) is 0 Å². The number of pyridine rings is 1. The van der Waals surface area contributed by atoms with Crippen LogP contribution in [-0.4, -0.2) is 78.3 Å². The van der Waals surface area contributed by atoms with E-state index in [1.807, 2.05) is 25.1 Å². The summed E-state index contributed by atoms with van der Waals surface area (Å²) in [6.45, 7) is 5.51. The molecule has 1 unspecified atom stereocenters. The predicted molar refractivity (Wildman–Crippen MR) is 99.0 cm³/mol. The molecule has 3 rings (SSSR count). The van der Waals surface area contributed by atoms with Crippen LogP contribution in [0.2, 0.25) is 0 Å². The number of nitrogens with one attached hydrogen (secondary N) is 2. The molecule has 2 N–H and O–H groups in total. The Hall–Kier alpha value is -0.210. The second-order valence-electron chi connectivity index (χ2n) is 5.46. The quantitative estimate of drug-likeness (QED) is 0.698. The molecule has 116 valence electrons. The normalized spacial score (nSPS) is 11.6. The third kappa shape index (κ3) is 4.49. The predicted octanol–water partition coefficient (Wildman–Crippen LogP) is 1.72. The Morgan fingerprint density at radius 2 is 1.88 bits per heavy atom. The van der Waals surface area contributed by atoms with E-state index >= 15 is 0 Å². The number of hydrogen-bond acceptors (Lipinski definition) is 3. The van der Waals surface area contributed by atoms with Crippen molar-refractivity contribution < 1.29 is 4.21 Å². The molecule has 0 amide bonds. The average molecular weight is 361 g/mol. The van der Waals surface area contributed by atoms with E-state index in [-0.39, 0.29) is 70.3 Å². The molecule has 1 aromatic carbocycles.